The molecule has 0 saturated carbocycles. The summed E-state index contributed by atoms with van der Waals surface area (Å²) < 4.78 is 37.9. The second-order valence-electron chi connectivity index (χ2n) is 5.69. The zero-order valence-corrected chi connectivity index (χ0v) is 16.2. The Morgan fingerprint density at radius 2 is 1.85 bits per heavy atom. The van der Waals surface area contributed by atoms with Gasteiger partial charge in [0.2, 0.25) is 0 Å². The number of hydrogen-bond donors (Lipinski definition) is 2. The van der Waals surface area contributed by atoms with Crippen LogP contribution in [0, 0.1) is 0 Å². The third-order valence-corrected chi connectivity index (χ3v) is 5.01. The molecule has 1 amide bonds. The zero-order chi connectivity index (χ0) is 19.7. The Balaban J connectivity index is 2.08. The largest absolute Gasteiger partial charge is 0.494 e. The van der Waals surface area contributed by atoms with Gasteiger partial charge in [-0.25, -0.2) is 8.42 Å². The highest BCUT2D eigenvalue weighted by atomic mass is 32.2. The fourth-order valence-corrected chi connectivity index (χ4v) is 3.43. The lowest BCUT2D eigenvalue weighted by Gasteiger charge is -2.10. The molecular formula is C19H24N2O5S. The molecular weight excluding hydrogens is 368 g/mol. The van der Waals surface area contributed by atoms with Crippen LogP contribution in [0.1, 0.15) is 23.7 Å². The summed E-state index contributed by atoms with van der Waals surface area (Å²) in [6.45, 7) is 3.40. The van der Waals surface area contributed by atoms with Crippen LogP contribution in [0.5, 0.6) is 5.75 Å². The lowest BCUT2D eigenvalue weighted by atomic mass is 10.2. The first-order chi connectivity index (χ1) is 13.0. The molecule has 0 atom stereocenters. The molecule has 2 aromatic carbocycles. The minimum absolute atomic E-state index is 0.0147. The summed E-state index contributed by atoms with van der Waals surface area (Å²) >= 11 is 0. The number of rotatable bonds is 10. The van der Waals surface area contributed by atoms with Crippen LogP contribution in [-0.4, -0.2) is 41.2 Å². The van der Waals surface area contributed by atoms with E-state index >= 15 is 0 Å². The number of anilines is 1. The number of methoxy groups -OCH3 is 1. The Morgan fingerprint density at radius 3 is 2.52 bits per heavy atom. The molecule has 2 rings (SSSR count). The molecule has 0 aliphatic rings. The third kappa shape index (κ3) is 6.26. The van der Waals surface area contributed by atoms with Gasteiger partial charge in [-0.2, -0.15) is 0 Å². The van der Waals surface area contributed by atoms with Gasteiger partial charge in [0.25, 0.3) is 15.9 Å². The van der Waals surface area contributed by atoms with E-state index in [-0.39, 0.29) is 16.4 Å². The molecule has 0 aliphatic heterocycles. The molecule has 2 N–H and O–H groups in total. The Labute approximate surface area is 159 Å². The van der Waals surface area contributed by atoms with Crippen LogP contribution in [-0.2, 0) is 14.8 Å². The lowest BCUT2D eigenvalue weighted by molar-refractivity contribution is 0.0948. The normalized spacial score (nSPS) is 11.0. The van der Waals surface area contributed by atoms with E-state index in [2.05, 4.69) is 10.0 Å². The predicted octanol–water partition coefficient (Wildman–Crippen LogP) is 2.65. The molecule has 146 valence electrons. The number of hydrogen-bond acceptors (Lipinski definition) is 5. The van der Waals surface area contributed by atoms with Gasteiger partial charge in [0.15, 0.2) is 0 Å². The van der Waals surface area contributed by atoms with E-state index in [0.29, 0.717) is 37.6 Å². The van der Waals surface area contributed by atoms with E-state index in [1.54, 1.807) is 37.4 Å². The quantitative estimate of drug-likeness (QED) is 0.606. The van der Waals surface area contributed by atoms with Crippen molar-refractivity contribution >= 4 is 21.6 Å². The SMILES string of the molecule is CCOc1ccc(NS(=O)(=O)c2cccc(C(=O)NCCCOC)c2)cc1. The molecule has 0 heterocycles. The summed E-state index contributed by atoms with van der Waals surface area (Å²) in [5.74, 6) is 0.330. The Kier molecular flexibility index (Phi) is 7.63. The average Bonchev–Trinajstić information content (AvgIpc) is 2.67. The van der Waals surface area contributed by atoms with Gasteiger partial charge in [-0.15, -0.1) is 0 Å². The van der Waals surface area contributed by atoms with Crippen LogP contribution >= 0.6 is 0 Å². The number of carbonyl (C=O) groups excluding carboxylic acids is 1. The number of amides is 1. The van der Waals surface area contributed by atoms with Crippen molar-refractivity contribution in [3.8, 4) is 5.75 Å². The topological polar surface area (TPSA) is 93.7 Å². The van der Waals surface area contributed by atoms with E-state index < -0.39 is 10.0 Å². The van der Waals surface area contributed by atoms with E-state index in [1.807, 2.05) is 6.92 Å². The van der Waals surface area contributed by atoms with Crippen LogP contribution < -0.4 is 14.8 Å². The second kappa shape index (κ2) is 9.94. The van der Waals surface area contributed by atoms with Crippen LogP contribution in [0.15, 0.2) is 53.4 Å². The van der Waals surface area contributed by atoms with Crippen molar-refractivity contribution in [1.82, 2.24) is 5.32 Å². The molecule has 0 spiro atoms. The Morgan fingerprint density at radius 1 is 1.11 bits per heavy atom. The van der Waals surface area contributed by atoms with Crippen molar-refractivity contribution in [2.24, 2.45) is 0 Å². The molecule has 7 nitrogen and oxygen atoms in total. The highest BCUT2D eigenvalue weighted by Crippen LogP contribution is 2.20. The summed E-state index contributed by atoms with van der Waals surface area (Å²) in [6, 6.07) is 12.5. The highest BCUT2D eigenvalue weighted by Gasteiger charge is 2.16. The van der Waals surface area contributed by atoms with E-state index in [1.165, 1.54) is 18.2 Å². The Hall–Kier alpha value is -2.58. The molecule has 0 unspecified atom stereocenters. The molecule has 0 aromatic heterocycles. The maximum absolute atomic E-state index is 12.6. The number of benzene rings is 2. The van der Waals surface area contributed by atoms with Gasteiger partial charge < -0.3 is 14.8 Å². The van der Waals surface area contributed by atoms with E-state index in [9.17, 15) is 13.2 Å². The van der Waals surface area contributed by atoms with Crippen molar-refractivity contribution in [3.63, 3.8) is 0 Å². The third-order valence-electron chi connectivity index (χ3n) is 3.63. The van der Waals surface area contributed by atoms with Gasteiger partial charge in [-0.05, 0) is 55.8 Å². The maximum Gasteiger partial charge on any atom is 0.261 e. The maximum atomic E-state index is 12.6. The molecule has 0 aliphatic carbocycles. The summed E-state index contributed by atoms with van der Waals surface area (Å²) in [6.07, 6.45) is 0.680. The summed E-state index contributed by atoms with van der Waals surface area (Å²) in [5, 5.41) is 2.73. The fourth-order valence-electron chi connectivity index (χ4n) is 2.32. The zero-order valence-electron chi connectivity index (χ0n) is 15.4. The van der Waals surface area contributed by atoms with Gasteiger partial charge in [-0.3, -0.25) is 9.52 Å². The van der Waals surface area contributed by atoms with Crippen molar-refractivity contribution < 1.29 is 22.7 Å². The molecule has 0 fully saturated rings. The second-order valence-corrected chi connectivity index (χ2v) is 7.38. The van der Waals surface area contributed by atoms with Crippen LogP contribution in [0.3, 0.4) is 0 Å². The number of ether oxygens (including phenoxy) is 2. The van der Waals surface area contributed by atoms with E-state index in [4.69, 9.17) is 9.47 Å². The molecule has 0 bridgehead atoms. The van der Waals surface area contributed by atoms with Crippen molar-refractivity contribution in [2.45, 2.75) is 18.2 Å². The van der Waals surface area contributed by atoms with E-state index in [0.717, 1.165) is 0 Å². The first-order valence-corrected chi connectivity index (χ1v) is 10.1. The van der Waals surface area contributed by atoms with Gasteiger partial charge in [0, 0.05) is 31.5 Å². The minimum atomic E-state index is -3.81. The smallest absolute Gasteiger partial charge is 0.261 e. The monoisotopic (exact) mass is 392 g/mol. The summed E-state index contributed by atoms with van der Waals surface area (Å²) in [4.78, 5) is 12.2. The highest BCUT2D eigenvalue weighted by molar-refractivity contribution is 7.92. The van der Waals surface area contributed by atoms with Crippen molar-refractivity contribution in [2.75, 3.05) is 31.6 Å². The Bertz CT molecular complexity index is 851. The van der Waals surface area contributed by atoms with Crippen molar-refractivity contribution in [3.05, 3.63) is 54.1 Å². The predicted molar refractivity (Wildman–Crippen MR) is 104 cm³/mol. The van der Waals surface area contributed by atoms with Crippen LogP contribution in [0.4, 0.5) is 5.69 Å². The van der Waals surface area contributed by atoms with Crippen LogP contribution in [0.25, 0.3) is 0 Å². The lowest BCUT2D eigenvalue weighted by Crippen LogP contribution is -2.25. The first kappa shape index (κ1) is 20.7. The summed E-state index contributed by atoms with van der Waals surface area (Å²) in [5.41, 5.74) is 0.690. The molecule has 2 aromatic rings. The number of nitrogens with one attached hydrogen (secondary N) is 2. The molecule has 27 heavy (non-hydrogen) atoms. The van der Waals surface area contributed by atoms with Gasteiger partial charge >= 0.3 is 0 Å². The molecule has 8 heteroatoms. The fraction of sp³-hybridized carbons (Fsp3) is 0.316. The summed E-state index contributed by atoms with van der Waals surface area (Å²) in [7, 11) is -2.22. The first-order valence-electron chi connectivity index (χ1n) is 8.59. The van der Waals surface area contributed by atoms with Gasteiger partial charge in [0.1, 0.15) is 5.75 Å². The number of sulfonamides is 1. The molecule has 0 saturated heterocycles. The molecule has 0 radical (unpaired) electrons. The van der Waals surface area contributed by atoms with Gasteiger partial charge in [0.05, 0.1) is 11.5 Å². The van der Waals surface area contributed by atoms with Crippen LogP contribution in [0.2, 0.25) is 0 Å². The number of carbonyl (C=O) groups is 1. The minimum Gasteiger partial charge on any atom is -0.494 e. The van der Waals surface area contributed by atoms with Crippen molar-refractivity contribution in [1.29, 1.82) is 0 Å². The van der Waals surface area contributed by atoms with Gasteiger partial charge in [-0.1, -0.05) is 6.07 Å². The average molecular weight is 392 g/mol. The standard InChI is InChI=1S/C19H24N2O5S/c1-3-26-17-10-8-16(9-11-17)21-27(23,24)18-7-4-6-15(14-18)19(22)20-12-5-13-25-2/h4,6-11,14,21H,3,5,12-13H2,1-2H3,(H,20,22).